The Labute approximate surface area is 46.8 Å². The molecular weight excluding hydrogens is 259 g/mol. The second-order valence-electron chi connectivity index (χ2n) is 0.365. The molecule has 0 N–H and O–H groups in total. The Hall–Kier alpha value is 0.228. The molecule has 0 aromatic rings. The normalized spacial score (nSPS) is 9.67. The van der Waals surface area contributed by atoms with E-state index in [4.69, 9.17) is 4.79 Å². The van der Waals surface area contributed by atoms with Crippen molar-refractivity contribution in [3.05, 3.63) is 0 Å². The number of hydrogen-bond donors (Lipinski definition) is 0. The average Bonchev–Trinajstić information content (AvgIpc) is 1.72. The summed E-state index contributed by atoms with van der Waals surface area (Å²) in [6.07, 6.45) is 0. The quantitative estimate of drug-likeness (QED) is 0.634. The van der Waals surface area contributed by atoms with E-state index in [1.54, 1.807) is 0 Å². The molecule has 0 spiro atoms. The van der Waals surface area contributed by atoms with Gasteiger partial charge in [-0.1, -0.05) is 0 Å². The number of carbonyl (C=O) groups is 1. The van der Waals surface area contributed by atoms with Crippen LogP contribution in [0.1, 0.15) is 6.92 Å². The van der Waals surface area contributed by atoms with Crippen LogP contribution in [0.25, 0.3) is 0 Å². The van der Waals surface area contributed by atoms with Crippen LogP contribution in [-0.2, 0) is 22.9 Å². The third kappa shape index (κ3) is 29.2. The van der Waals surface area contributed by atoms with Crippen LogP contribution in [-0.4, -0.2) is 11.2 Å². The van der Waals surface area contributed by atoms with E-state index in [0.717, 1.165) is 0 Å². The number of hydrogen-bond acceptors (Lipinski definition) is 1. The first-order valence-corrected chi connectivity index (χ1v) is 4.95. The van der Waals surface area contributed by atoms with Crippen molar-refractivity contribution >= 4 is 11.2 Å². The van der Waals surface area contributed by atoms with Gasteiger partial charge in [0.1, 0.15) is 6.79 Å². The molecule has 0 fully saturated rings. The monoisotopic (exact) mass is 268 g/mol. The molecule has 0 saturated carbocycles. The molecule has 0 aromatic carbocycles. The Morgan fingerprint density at radius 1 is 1.67 bits per heavy atom. The first-order chi connectivity index (χ1) is 2.91. The van der Waals surface area contributed by atoms with E-state index in [0.29, 0.717) is 18.1 Å². The van der Waals surface area contributed by atoms with Crippen LogP contribution in [0.5, 0.6) is 0 Å². The van der Waals surface area contributed by atoms with Crippen molar-refractivity contribution in [2.24, 2.45) is 0 Å². The molecule has 6 heavy (non-hydrogen) atoms. The van der Waals surface area contributed by atoms with Gasteiger partial charge in [0.2, 0.25) is 0 Å². The van der Waals surface area contributed by atoms with Gasteiger partial charge in [-0.3, -0.25) is 0 Å². The second kappa shape index (κ2) is 18.8. The maximum atomic E-state index is 8.00. The zero-order chi connectivity index (χ0) is 5.41. The zero-order valence-corrected chi connectivity index (χ0v) is 6.28. The maximum absolute atomic E-state index is 8.00. The van der Waals surface area contributed by atoms with Gasteiger partial charge in [0, 0.05) is 0 Å². The first kappa shape index (κ1) is 9.52. The van der Waals surface area contributed by atoms with Crippen LogP contribution >= 0.6 is 0 Å². The van der Waals surface area contributed by atoms with Crippen molar-refractivity contribution in [1.82, 2.24) is 0 Å². The van der Waals surface area contributed by atoms with Crippen molar-refractivity contribution in [2.75, 3.05) is 0 Å². The zero-order valence-electron chi connectivity index (χ0n) is 4.01. The summed E-state index contributed by atoms with van der Waals surface area (Å²) < 4.78 is 2.24. The predicted molar refractivity (Wildman–Crippen MR) is 24.7 cm³/mol. The van der Waals surface area contributed by atoms with E-state index in [2.05, 4.69) is 16.6 Å². The Morgan fingerprint density at radius 2 is 1.83 bits per heavy atom. The molecule has 41 valence electrons. The van der Waals surface area contributed by atoms with Gasteiger partial charge in [-0.05, 0) is 0 Å². The number of rotatable bonds is 0. The van der Waals surface area contributed by atoms with Crippen molar-refractivity contribution in [2.45, 2.75) is 12.2 Å². The molecule has 0 aliphatic rings. The minimum atomic E-state index is 0.478. The molecule has 0 unspecified atom stereocenters. The van der Waals surface area contributed by atoms with Gasteiger partial charge >= 0.3 is 34.7 Å². The van der Waals surface area contributed by atoms with E-state index < -0.39 is 0 Å². The molecule has 0 aliphatic heterocycles. The van der Waals surface area contributed by atoms with Crippen LogP contribution in [0.3, 0.4) is 0 Å². The Balaban J connectivity index is 0. The van der Waals surface area contributed by atoms with Crippen LogP contribution in [0.2, 0.25) is 5.31 Å². The molecule has 0 saturated heterocycles. The summed E-state index contributed by atoms with van der Waals surface area (Å²) >= 11 is 0.478. The first-order valence-electron chi connectivity index (χ1n) is 1.36. The third-order valence-electron chi connectivity index (χ3n) is 0.183. The summed E-state index contributed by atoms with van der Waals surface area (Å²) in [6.45, 7) is 4.10. The van der Waals surface area contributed by atoms with Gasteiger partial charge in [0.05, 0.1) is 0 Å². The van der Waals surface area contributed by atoms with Gasteiger partial charge in [-0.15, -0.1) is 0 Å². The molecule has 0 aliphatic carbocycles. The van der Waals surface area contributed by atoms with Crippen LogP contribution < -0.4 is 0 Å². The second-order valence-corrected chi connectivity index (χ2v) is 2.99. The molecule has 0 amide bonds. The van der Waals surface area contributed by atoms with Gasteiger partial charge in [0.25, 0.3) is 0 Å². The molecule has 0 rings (SSSR count). The Morgan fingerprint density at radius 3 is 1.83 bits per heavy atom. The van der Waals surface area contributed by atoms with Crippen molar-refractivity contribution in [3.8, 4) is 0 Å². The van der Waals surface area contributed by atoms with Crippen molar-refractivity contribution in [3.63, 3.8) is 0 Å². The predicted octanol–water partition coefficient (Wildman–Crippen LogP) is 0.754. The van der Waals surface area contributed by atoms with Crippen molar-refractivity contribution in [1.29, 1.82) is 0 Å². The molecule has 0 aromatic heterocycles. The molecule has 2 heteroatoms. The fourth-order valence-corrected chi connectivity index (χ4v) is 0. The summed E-state index contributed by atoms with van der Waals surface area (Å²) in [6, 6.07) is 0. The minimum absolute atomic E-state index is 0.478. The molecule has 1 nitrogen and oxygen atoms in total. The summed E-state index contributed by atoms with van der Waals surface area (Å²) in [5, 5.41) is 2.24. The average molecular weight is 268 g/mol. The Kier molecular flexibility index (Phi) is 29.9. The summed E-state index contributed by atoms with van der Waals surface area (Å²) in [7, 11) is 0. The summed E-state index contributed by atoms with van der Waals surface area (Å²) in [5.74, 6) is 0. The van der Waals surface area contributed by atoms with Gasteiger partial charge in [-0.25, -0.2) is 0 Å². The van der Waals surface area contributed by atoms with Crippen molar-refractivity contribution < 1.29 is 22.9 Å². The molecular formula is C4H9OPt. The van der Waals surface area contributed by atoms with E-state index >= 15 is 0 Å². The summed E-state index contributed by atoms with van der Waals surface area (Å²) in [4.78, 5) is 8.00. The molecule has 0 atom stereocenters. The third-order valence-corrected chi connectivity index (χ3v) is 1.49. The standard InChI is InChI=1S/C2H4.CH2O.CH3.Pt/c2*1-2;;/h1H,2H3;1H2;1H3;. The van der Waals surface area contributed by atoms with Crippen LogP contribution in [0.4, 0.5) is 0 Å². The van der Waals surface area contributed by atoms with Gasteiger partial charge in [-0.2, -0.15) is 0 Å². The van der Waals surface area contributed by atoms with E-state index in [1.165, 1.54) is 0 Å². The molecule has 0 bridgehead atoms. The number of carbonyl (C=O) groups excluding carboxylic acids is 1. The molecule has 0 radical (unpaired) electrons. The summed E-state index contributed by atoms with van der Waals surface area (Å²) in [5.41, 5.74) is 0. The van der Waals surface area contributed by atoms with Crippen LogP contribution in [0, 0.1) is 0 Å². The van der Waals surface area contributed by atoms with E-state index in [9.17, 15) is 0 Å². The fraction of sp³-hybridized carbons (Fsp3) is 0.500. The molecule has 0 heterocycles. The van der Waals surface area contributed by atoms with E-state index in [1.807, 2.05) is 6.79 Å². The topological polar surface area (TPSA) is 17.1 Å². The van der Waals surface area contributed by atoms with Gasteiger partial charge < -0.3 is 4.79 Å². The van der Waals surface area contributed by atoms with Gasteiger partial charge in [0.15, 0.2) is 0 Å². The fourth-order valence-electron chi connectivity index (χ4n) is 0. The van der Waals surface area contributed by atoms with Crippen LogP contribution in [0.15, 0.2) is 0 Å². The Bertz CT molecular complexity index is 30.5. The van der Waals surface area contributed by atoms with E-state index in [-0.39, 0.29) is 0 Å². The SMILES string of the molecule is C=O.C[CH]=[Pt][CH3].